The predicted molar refractivity (Wildman–Crippen MR) is 99.0 cm³/mol. The van der Waals surface area contributed by atoms with Gasteiger partial charge in [0, 0.05) is 49.5 Å². The van der Waals surface area contributed by atoms with Crippen molar-refractivity contribution in [3.05, 3.63) is 34.1 Å². The van der Waals surface area contributed by atoms with E-state index in [-0.39, 0.29) is 36.3 Å². The number of hydrogen-bond donors (Lipinski definition) is 1. The maximum Gasteiger partial charge on any atom is 0.252 e. The maximum atomic E-state index is 13.2. The van der Waals surface area contributed by atoms with Gasteiger partial charge in [0.2, 0.25) is 11.8 Å². The zero-order chi connectivity index (χ0) is 19.3. The van der Waals surface area contributed by atoms with Crippen LogP contribution in [0.2, 0.25) is 0 Å². The number of nitrogens with one attached hydrogen (secondary N) is 1. The third-order valence-corrected chi connectivity index (χ3v) is 4.93. The summed E-state index contributed by atoms with van der Waals surface area (Å²) in [7, 11) is 0. The van der Waals surface area contributed by atoms with Gasteiger partial charge >= 0.3 is 0 Å². The molecule has 0 aliphatic carbocycles. The van der Waals surface area contributed by atoms with Gasteiger partial charge in [-0.05, 0) is 34.1 Å². The minimum atomic E-state index is -0.497. The zero-order valence-corrected chi connectivity index (χ0v) is 16.5. The molecule has 142 valence electrons. The maximum absolute atomic E-state index is 13.2. The largest absolute Gasteiger partial charge is 0.351 e. The summed E-state index contributed by atoms with van der Waals surface area (Å²) in [4.78, 5) is 39.8. The lowest BCUT2D eigenvalue weighted by atomic mass is 10.1. The summed E-state index contributed by atoms with van der Waals surface area (Å²) >= 11 is 3.21. The molecule has 0 spiro atoms. The fourth-order valence-electron chi connectivity index (χ4n) is 2.75. The molecule has 1 heterocycles. The fraction of sp³-hybridized carbons (Fsp3) is 0.500. The summed E-state index contributed by atoms with van der Waals surface area (Å²) in [6.45, 7) is 5.96. The second-order valence-electron chi connectivity index (χ2n) is 6.49. The van der Waals surface area contributed by atoms with E-state index in [9.17, 15) is 18.8 Å². The first-order valence-corrected chi connectivity index (χ1v) is 9.38. The zero-order valence-electron chi connectivity index (χ0n) is 14.9. The van der Waals surface area contributed by atoms with Crippen LogP contribution >= 0.6 is 15.9 Å². The number of carbonyl (C=O) groups is 3. The molecular formula is C18H23BrFN3O3. The molecule has 3 amide bonds. The van der Waals surface area contributed by atoms with E-state index in [1.165, 1.54) is 12.1 Å². The predicted octanol–water partition coefficient (Wildman–Crippen LogP) is 2.03. The fourth-order valence-corrected chi connectivity index (χ4v) is 3.18. The Kier molecular flexibility index (Phi) is 7.14. The topological polar surface area (TPSA) is 69.7 Å². The van der Waals surface area contributed by atoms with Gasteiger partial charge in [0.05, 0.1) is 5.56 Å². The molecule has 1 N–H and O–H groups in total. The van der Waals surface area contributed by atoms with Crippen LogP contribution in [-0.4, -0.2) is 60.2 Å². The van der Waals surface area contributed by atoms with E-state index in [1.54, 1.807) is 9.80 Å². The van der Waals surface area contributed by atoms with Crippen molar-refractivity contribution in [2.45, 2.75) is 20.3 Å². The van der Waals surface area contributed by atoms with Gasteiger partial charge < -0.3 is 15.1 Å². The number of piperazine rings is 1. The van der Waals surface area contributed by atoms with Gasteiger partial charge in [0.15, 0.2) is 0 Å². The third-order valence-electron chi connectivity index (χ3n) is 4.24. The number of benzene rings is 1. The van der Waals surface area contributed by atoms with Gasteiger partial charge in [0.1, 0.15) is 5.82 Å². The molecule has 0 atom stereocenters. The molecule has 0 bridgehead atoms. The Hall–Kier alpha value is -1.96. The van der Waals surface area contributed by atoms with E-state index >= 15 is 0 Å². The minimum Gasteiger partial charge on any atom is -0.351 e. The molecule has 0 radical (unpaired) electrons. The lowest BCUT2D eigenvalue weighted by Crippen LogP contribution is -2.51. The van der Waals surface area contributed by atoms with E-state index in [2.05, 4.69) is 21.2 Å². The summed E-state index contributed by atoms with van der Waals surface area (Å²) in [5.41, 5.74) is 0.193. The van der Waals surface area contributed by atoms with Crippen molar-refractivity contribution < 1.29 is 18.8 Å². The van der Waals surface area contributed by atoms with Gasteiger partial charge in [-0.3, -0.25) is 14.4 Å². The monoisotopic (exact) mass is 427 g/mol. The van der Waals surface area contributed by atoms with E-state index in [0.29, 0.717) is 30.7 Å². The molecule has 1 aliphatic heterocycles. The Morgan fingerprint density at radius 3 is 2.38 bits per heavy atom. The van der Waals surface area contributed by atoms with E-state index in [0.717, 1.165) is 6.07 Å². The average Bonchev–Trinajstić information content (AvgIpc) is 2.62. The number of rotatable bonds is 5. The lowest BCUT2D eigenvalue weighted by Gasteiger charge is -2.35. The number of amides is 3. The second-order valence-corrected chi connectivity index (χ2v) is 7.35. The van der Waals surface area contributed by atoms with Gasteiger partial charge in [-0.25, -0.2) is 4.39 Å². The Labute approximate surface area is 160 Å². The number of carbonyl (C=O) groups excluding carboxylic acids is 3. The van der Waals surface area contributed by atoms with Crippen molar-refractivity contribution in [3.8, 4) is 0 Å². The van der Waals surface area contributed by atoms with Crippen molar-refractivity contribution >= 4 is 33.7 Å². The van der Waals surface area contributed by atoms with E-state index in [4.69, 9.17) is 0 Å². The standard InChI is InChI=1S/C18H23BrFN3O3/c1-12(2)18(26)23-9-7-22(8-10-23)16(24)5-6-21-17(25)14-11-13(20)3-4-15(14)19/h3-4,11-12H,5-10H2,1-2H3,(H,21,25). The van der Waals surface area contributed by atoms with E-state index in [1.807, 2.05) is 13.8 Å². The molecule has 0 unspecified atom stereocenters. The summed E-state index contributed by atoms with van der Waals surface area (Å²) in [5.74, 6) is -0.945. The number of halogens is 2. The minimum absolute atomic E-state index is 0.0467. The Morgan fingerprint density at radius 2 is 1.77 bits per heavy atom. The van der Waals surface area contributed by atoms with Crippen LogP contribution in [0.4, 0.5) is 4.39 Å². The molecule has 8 heteroatoms. The smallest absolute Gasteiger partial charge is 0.252 e. The van der Waals surface area contributed by atoms with Crippen LogP contribution in [0.3, 0.4) is 0 Å². The molecular weight excluding hydrogens is 405 g/mol. The Morgan fingerprint density at radius 1 is 1.15 bits per heavy atom. The van der Waals surface area contributed by atoms with Crippen LogP contribution in [0.1, 0.15) is 30.6 Å². The van der Waals surface area contributed by atoms with E-state index < -0.39 is 11.7 Å². The highest BCUT2D eigenvalue weighted by molar-refractivity contribution is 9.10. The molecule has 1 aromatic rings. The first kappa shape index (κ1) is 20.4. The first-order chi connectivity index (χ1) is 12.3. The summed E-state index contributed by atoms with van der Waals surface area (Å²) in [5, 5.41) is 2.63. The summed E-state index contributed by atoms with van der Waals surface area (Å²) < 4.78 is 13.7. The van der Waals surface area contributed by atoms with Crippen LogP contribution in [-0.2, 0) is 9.59 Å². The van der Waals surface area contributed by atoms with Gasteiger partial charge in [-0.15, -0.1) is 0 Å². The van der Waals surface area contributed by atoms with Crippen LogP contribution in [0.5, 0.6) is 0 Å². The molecule has 1 aromatic carbocycles. The third kappa shape index (κ3) is 5.27. The SMILES string of the molecule is CC(C)C(=O)N1CCN(C(=O)CCNC(=O)c2cc(F)ccc2Br)CC1. The Balaban J connectivity index is 1.76. The van der Waals surface area contributed by atoms with Crippen molar-refractivity contribution in [3.63, 3.8) is 0 Å². The summed E-state index contributed by atoms with van der Waals surface area (Å²) in [6.07, 6.45) is 0.163. The summed E-state index contributed by atoms with van der Waals surface area (Å²) in [6, 6.07) is 3.87. The second kappa shape index (κ2) is 9.12. The van der Waals surface area contributed by atoms with Crippen molar-refractivity contribution in [1.29, 1.82) is 0 Å². The highest BCUT2D eigenvalue weighted by Crippen LogP contribution is 2.17. The van der Waals surface area contributed by atoms with Gasteiger partial charge in [0.25, 0.3) is 5.91 Å². The van der Waals surface area contributed by atoms with Crippen molar-refractivity contribution in [1.82, 2.24) is 15.1 Å². The number of nitrogens with zero attached hydrogens (tertiary/aromatic N) is 2. The van der Waals surface area contributed by atoms with Crippen LogP contribution in [0, 0.1) is 11.7 Å². The molecule has 26 heavy (non-hydrogen) atoms. The van der Waals surface area contributed by atoms with Crippen LogP contribution in [0.15, 0.2) is 22.7 Å². The van der Waals surface area contributed by atoms with Crippen LogP contribution < -0.4 is 5.32 Å². The quantitative estimate of drug-likeness (QED) is 0.781. The van der Waals surface area contributed by atoms with Gasteiger partial charge in [-0.1, -0.05) is 13.8 Å². The molecule has 1 aliphatic rings. The highest BCUT2D eigenvalue weighted by atomic mass is 79.9. The highest BCUT2D eigenvalue weighted by Gasteiger charge is 2.25. The van der Waals surface area contributed by atoms with Crippen molar-refractivity contribution in [2.75, 3.05) is 32.7 Å². The van der Waals surface area contributed by atoms with Gasteiger partial charge in [-0.2, -0.15) is 0 Å². The molecule has 2 rings (SSSR count). The lowest BCUT2D eigenvalue weighted by molar-refractivity contribution is -0.141. The molecule has 0 aromatic heterocycles. The first-order valence-electron chi connectivity index (χ1n) is 8.59. The van der Waals surface area contributed by atoms with Crippen molar-refractivity contribution in [2.24, 2.45) is 5.92 Å². The average molecular weight is 428 g/mol. The molecule has 1 fully saturated rings. The normalized spacial score (nSPS) is 14.5. The van der Waals surface area contributed by atoms with Crippen LogP contribution in [0.25, 0.3) is 0 Å². The molecule has 1 saturated heterocycles. The molecule has 6 nitrogen and oxygen atoms in total. The Bertz CT molecular complexity index is 688. The molecule has 0 saturated carbocycles. The number of hydrogen-bond acceptors (Lipinski definition) is 3.